The van der Waals surface area contributed by atoms with E-state index in [0.717, 1.165) is 23.3 Å². The fourth-order valence-electron chi connectivity index (χ4n) is 3.94. The molecule has 10 heteroatoms. The number of benzene rings is 2. The summed E-state index contributed by atoms with van der Waals surface area (Å²) in [6, 6.07) is 14.3. The molecule has 2 atom stereocenters. The summed E-state index contributed by atoms with van der Waals surface area (Å²) < 4.78 is 5.15. The fourth-order valence-corrected chi connectivity index (χ4v) is 4.75. The smallest absolute Gasteiger partial charge is 0.259 e. The molecule has 0 spiro atoms. The first-order valence-corrected chi connectivity index (χ1v) is 13.3. The number of amidine groups is 2. The van der Waals surface area contributed by atoms with Gasteiger partial charge in [0.25, 0.3) is 5.91 Å². The second-order valence-corrected chi connectivity index (χ2v) is 9.83. The molecule has 194 valence electrons. The number of hydrogen-bond donors (Lipinski definition) is 2. The van der Waals surface area contributed by atoms with E-state index in [1.165, 1.54) is 16.7 Å². The Morgan fingerprint density at radius 1 is 1.14 bits per heavy atom. The van der Waals surface area contributed by atoms with Gasteiger partial charge < -0.3 is 15.4 Å². The van der Waals surface area contributed by atoms with Crippen LogP contribution in [0.15, 0.2) is 58.5 Å². The van der Waals surface area contributed by atoms with E-state index >= 15 is 0 Å². The number of carbonyl (C=O) groups is 3. The Kier molecular flexibility index (Phi) is 8.60. The molecule has 0 saturated carbocycles. The second kappa shape index (κ2) is 12.1. The molecule has 2 N–H and O–H groups in total. The lowest BCUT2D eigenvalue weighted by molar-refractivity contribution is -0.125. The van der Waals surface area contributed by atoms with Crippen LogP contribution in [-0.4, -0.2) is 58.6 Å². The van der Waals surface area contributed by atoms with Crippen LogP contribution in [-0.2, 0) is 20.9 Å². The minimum atomic E-state index is -0.687. The van der Waals surface area contributed by atoms with E-state index in [0.29, 0.717) is 23.2 Å². The van der Waals surface area contributed by atoms with Crippen molar-refractivity contribution in [1.82, 2.24) is 15.5 Å². The van der Waals surface area contributed by atoms with Crippen molar-refractivity contribution in [2.45, 2.75) is 51.7 Å². The number of methoxy groups -OCH3 is 1. The van der Waals surface area contributed by atoms with Crippen LogP contribution < -0.4 is 15.4 Å². The Balaban J connectivity index is 1.39. The molecule has 9 nitrogen and oxygen atoms in total. The first kappa shape index (κ1) is 26.4. The van der Waals surface area contributed by atoms with Crippen molar-refractivity contribution >= 4 is 46.2 Å². The molecule has 0 fully saturated rings. The zero-order chi connectivity index (χ0) is 26.4. The number of nitrogens with zero attached hydrogens (tertiary/aromatic N) is 3. The summed E-state index contributed by atoms with van der Waals surface area (Å²) in [6.45, 7) is 4.34. The van der Waals surface area contributed by atoms with Crippen LogP contribution in [0.4, 0.5) is 5.69 Å². The molecule has 2 aliphatic rings. The summed E-state index contributed by atoms with van der Waals surface area (Å²) in [7, 11) is 1.61. The second-order valence-electron chi connectivity index (χ2n) is 8.88. The van der Waals surface area contributed by atoms with Crippen LogP contribution in [0.1, 0.15) is 44.2 Å². The summed E-state index contributed by atoms with van der Waals surface area (Å²) in [6.07, 6.45) is 1.28. The molecule has 0 radical (unpaired) electrons. The molecular formula is C27H31N5O4S. The van der Waals surface area contributed by atoms with Crippen molar-refractivity contribution < 1.29 is 19.1 Å². The first-order chi connectivity index (χ1) is 17.9. The Morgan fingerprint density at radius 3 is 2.62 bits per heavy atom. The number of hydrogen-bond acceptors (Lipinski definition) is 7. The van der Waals surface area contributed by atoms with Crippen LogP contribution in [0.2, 0.25) is 0 Å². The van der Waals surface area contributed by atoms with Crippen molar-refractivity contribution in [2.75, 3.05) is 12.9 Å². The van der Waals surface area contributed by atoms with Crippen molar-refractivity contribution in [1.29, 1.82) is 0 Å². The summed E-state index contributed by atoms with van der Waals surface area (Å²) in [4.78, 5) is 49.0. The molecule has 2 heterocycles. The van der Waals surface area contributed by atoms with E-state index < -0.39 is 6.04 Å². The van der Waals surface area contributed by atoms with E-state index in [4.69, 9.17) is 4.74 Å². The maximum atomic E-state index is 13.4. The Bertz CT molecular complexity index is 1230. The molecule has 0 bridgehead atoms. The van der Waals surface area contributed by atoms with Crippen LogP contribution in [0.3, 0.4) is 0 Å². The van der Waals surface area contributed by atoms with Crippen molar-refractivity contribution in [2.24, 2.45) is 9.98 Å². The molecule has 3 amide bonds. The van der Waals surface area contributed by atoms with Crippen LogP contribution in [0, 0.1) is 0 Å². The fraction of sp³-hybridized carbons (Fsp3) is 0.370. The normalized spacial score (nSPS) is 16.8. The molecular weight excluding hydrogens is 490 g/mol. The van der Waals surface area contributed by atoms with Crippen molar-refractivity contribution in [3.8, 4) is 5.75 Å². The Hall–Kier alpha value is -3.66. The summed E-state index contributed by atoms with van der Waals surface area (Å²) >= 11 is 1.21. The monoisotopic (exact) mass is 521 g/mol. The van der Waals surface area contributed by atoms with E-state index in [9.17, 15) is 14.4 Å². The number of para-hydroxylation sites is 1. The maximum absolute atomic E-state index is 13.4. The largest absolute Gasteiger partial charge is 0.497 e. The highest BCUT2D eigenvalue weighted by molar-refractivity contribution is 8.14. The van der Waals surface area contributed by atoms with Gasteiger partial charge in [-0.25, -0.2) is 9.89 Å². The summed E-state index contributed by atoms with van der Waals surface area (Å²) in [5.41, 5.74) is 2.42. The van der Waals surface area contributed by atoms with Gasteiger partial charge in [-0.2, -0.15) is 0 Å². The van der Waals surface area contributed by atoms with Gasteiger partial charge in [0, 0.05) is 24.6 Å². The van der Waals surface area contributed by atoms with Gasteiger partial charge in [0.1, 0.15) is 17.6 Å². The Morgan fingerprint density at radius 2 is 1.89 bits per heavy atom. The van der Waals surface area contributed by atoms with Gasteiger partial charge in [-0.15, -0.1) is 0 Å². The SMILES string of the molecule is CC[C@H](C)NC(=O)CSC1=Nc2ccccc2C2=N[C@@H](CCC(=O)NCc3ccc(OC)cc3)C(=O)N12. The van der Waals surface area contributed by atoms with Crippen LogP contribution >= 0.6 is 11.8 Å². The van der Waals surface area contributed by atoms with E-state index in [1.54, 1.807) is 7.11 Å². The lowest BCUT2D eigenvalue weighted by Gasteiger charge is -2.25. The van der Waals surface area contributed by atoms with E-state index in [1.807, 2.05) is 62.4 Å². The van der Waals surface area contributed by atoms with E-state index in [-0.39, 0.29) is 42.4 Å². The number of rotatable bonds is 10. The molecule has 0 aromatic heterocycles. The van der Waals surface area contributed by atoms with Crippen LogP contribution in [0.5, 0.6) is 5.75 Å². The molecule has 0 aliphatic carbocycles. The molecule has 2 aromatic rings. The number of aliphatic imine (C=N–C) groups is 2. The molecule has 0 saturated heterocycles. The van der Waals surface area contributed by atoms with Crippen LogP contribution in [0.25, 0.3) is 0 Å². The quantitative estimate of drug-likeness (QED) is 0.498. The average Bonchev–Trinajstić information content (AvgIpc) is 3.26. The zero-order valence-corrected chi connectivity index (χ0v) is 22.0. The summed E-state index contributed by atoms with van der Waals surface area (Å²) in [5, 5.41) is 6.25. The molecule has 2 aromatic carbocycles. The van der Waals surface area contributed by atoms with Gasteiger partial charge in [0.05, 0.1) is 18.6 Å². The lowest BCUT2D eigenvalue weighted by atomic mass is 10.1. The highest BCUT2D eigenvalue weighted by atomic mass is 32.2. The maximum Gasteiger partial charge on any atom is 0.259 e. The number of fused-ring (bicyclic) bond motifs is 3. The van der Waals surface area contributed by atoms with E-state index in [2.05, 4.69) is 20.6 Å². The highest BCUT2D eigenvalue weighted by Crippen LogP contribution is 2.34. The van der Waals surface area contributed by atoms with Gasteiger partial charge in [0.2, 0.25) is 11.8 Å². The highest BCUT2D eigenvalue weighted by Gasteiger charge is 2.41. The predicted octanol–water partition coefficient (Wildman–Crippen LogP) is 3.40. The standard InChI is InChI=1S/C27H31N5O4S/c1-4-17(2)29-24(34)16-37-27-31-21-8-6-5-7-20(21)25-30-22(26(35)32(25)27)13-14-23(33)28-15-18-9-11-19(36-3)12-10-18/h5-12,17,22H,4,13-16H2,1-3H3,(H,28,33)(H,29,34)/t17-,22-/m0/s1. The summed E-state index contributed by atoms with van der Waals surface area (Å²) in [5.74, 6) is 0.908. The number of ether oxygens (including phenoxy) is 1. The van der Waals surface area contributed by atoms with Gasteiger partial charge in [0.15, 0.2) is 5.17 Å². The number of amides is 3. The third-order valence-corrected chi connectivity index (χ3v) is 7.13. The topological polar surface area (TPSA) is 112 Å². The van der Waals surface area contributed by atoms with Gasteiger partial charge in [-0.3, -0.25) is 19.4 Å². The molecule has 4 rings (SSSR count). The lowest BCUT2D eigenvalue weighted by Crippen LogP contribution is -2.42. The van der Waals surface area contributed by atoms with Crippen molar-refractivity contribution in [3.05, 3.63) is 59.7 Å². The number of thioether (sulfide) groups is 1. The molecule has 37 heavy (non-hydrogen) atoms. The van der Waals surface area contributed by atoms with Crippen molar-refractivity contribution in [3.63, 3.8) is 0 Å². The molecule has 2 aliphatic heterocycles. The minimum absolute atomic E-state index is 0.0768. The predicted molar refractivity (Wildman–Crippen MR) is 145 cm³/mol. The minimum Gasteiger partial charge on any atom is -0.497 e. The molecule has 0 unspecified atom stereocenters. The first-order valence-electron chi connectivity index (χ1n) is 12.3. The number of carbonyl (C=O) groups excluding carboxylic acids is 3. The third kappa shape index (κ3) is 6.37. The number of nitrogens with one attached hydrogen (secondary N) is 2. The average molecular weight is 522 g/mol. The zero-order valence-electron chi connectivity index (χ0n) is 21.2. The Labute approximate surface area is 220 Å². The van der Waals surface area contributed by atoms with Gasteiger partial charge in [-0.1, -0.05) is 43.0 Å². The van der Waals surface area contributed by atoms with Gasteiger partial charge in [-0.05, 0) is 49.6 Å². The third-order valence-electron chi connectivity index (χ3n) is 6.19. The van der Waals surface area contributed by atoms with Gasteiger partial charge >= 0.3 is 0 Å².